The third-order valence-electron chi connectivity index (χ3n) is 2.22. The van der Waals surface area contributed by atoms with Crippen LogP contribution in [0.25, 0.3) is 0 Å². The van der Waals surface area contributed by atoms with Gasteiger partial charge in [-0.05, 0) is 20.8 Å². The van der Waals surface area contributed by atoms with E-state index in [1.807, 2.05) is 11.5 Å². The second-order valence-electron chi connectivity index (χ2n) is 3.95. The fourth-order valence-corrected chi connectivity index (χ4v) is 3.17. The van der Waals surface area contributed by atoms with Gasteiger partial charge < -0.3 is 5.73 Å². The van der Waals surface area contributed by atoms with Crippen molar-refractivity contribution in [2.24, 2.45) is 0 Å². The van der Waals surface area contributed by atoms with E-state index in [4.69, 9.17) is 5.73 Å². The van der Waals surface area contributed by atoms with Crippen LogP contribution in [-0.2, 0) is 5.75 Å². The highest BCUT2D eigenvalue weighted by Gasteiger charge is 2.13. The molecule has 2 aromatic heterocycles. The molecule has 0 unspecified atom stereocenters. The molecule has 0 fully saturated rings. The molecule has 0 aliphatic rings. The third-order valence-corrected chi connectivity index (χ3v) is 4.02. The minimum Gasteiger partial charge on any atom is -0.368 e. The normalized spacial score (nSPS) is 11.3. The fourth-order valence-electron chi connectivity index (χ4n) is 1.49. The van der Waals surface area contributed by atoms with Crippen molar-refractivity contribution in [3.63, 3.8) is 0 Å². The Morgan fingerprint density at radius 2 is 2.24 bits per heavy atom. The van der Waals surface area contributed by atoms with E-state index in [0.29, 0.717) is 5.95 Å². The Morgan fingerprint density at radius 3 is 2.82 bits per heavy atom. The topological polar surface area (TPSA) is 69.6 Å². The van der Waals surface area contributed by atoms with Crippen LogP contribution in [0.4, 0.5) is 5.95 Å². The number of nitrogens with two attached hydrogens (primary N) is 1. The van der Waals surface area contributed by atoms with Crippen LogP contribution in [0.1, 0.15) is 30.6 Å². The number of anilines is 1. The van der Waals surface area contributed by atoms with Gasteiger partial charge in [0.15, 0.2) is 5.16 Å². The number of thiazole rings is 1. The Balaban J connectivity index is 2.09. The molecule has 0 amide bonds. The number of hydrogen-bond acceptors (Lipinski definition) is 6. The van der Waals surface area contributed by atoms with Crippen molar-refractivity contribution in [2.45, 2.75) is 37.7 Å². The summed E-state index contributed by atoms with van der Waals surface area (Å²) in [6, 6.07) is 0.268. The first kappa shape index (κ1) is 12.4. The van der Waals surface area contributed by atoms with E-state index in [2.05, 4.69) is 34.4 Å². The Morgan fingerprint density at radius 1 is 1.47 bits per heavy atom. The number of nitrogens with zero attached hydrogens (tertiary/aromatic N) is 4. The smallest absolute Gasteiger partial charge is 0.222 e. The molecular formula is C10H15N5S2. The van der Waals surface area contributed by atoms with Gasteiger partial charge in [-0.25, -0.2) is 4.98 Å². The molecule has 2 rings (SSSR count). The van der Waals surface area contributed by atoms with E-state index in [9.17, 15) is 0 Å². The van der Waals surface area contributed by atoms with Gasteiger partial charge in [0.25, 0.3) is 0 Å². The summed E-state index contributed by atoms with van der Waals surface area (Å²) in [6.07, 6.45) is 0. The number of rotatable bonds is 4. The molecule has 0 bridgehead atoms. The molecule has 2 heterocycles. The van der Waals surface area contributed by atoms with Gasteiger partial charge in [0.1, 0.15) is 0 Å². The molecule has 0 aliphatic carbocycles. The van der Waals surface area contributed by atoms with Gasteiger partial charge >= 0.3 is 0 Å². The predicted octanol–water partition coefficient (Wildman–Crippen LogP) is 2.50. The molecule has 0 spiro atoms. The SMILES string of the molecule is Cc1nc(CSc2nnc(N)n2C(C)C)cs1. The quantitative estimate of drug-likeness (QED) is 0.864. The van der Waals surface area contributed by atoms with Gasteiger partial charge in [-0.3, -0.25) is 4.57 Å². The molecule has 5 nitrogen and oxygen atoms in total. The molecule has 92 valence electrons. The highest BCUT2D eigenvalue weighted by molar-refractivity contribution is 7.98. The van der Waals surface area contributed by atoms with E-state index < -0.39 is 0 Å². The van der Waals surface area contributed by atoms with Crippen LogP contribution < -0.4 is 5.73 Å². The monoisotopic (exact) mass is 269 g/mol. The fraction of sp³-hybridized carbons (Fsp3) is 0.500. The lowest BCUT2D eigenvalue weighted by Gasteiger charge is -2.10. The Kier molecular flexibility index (Phi) is 3.68. The largest absolute Gasteiger partial charge is 0.368 e. The summed E-state index contributed by atoms with van der Waals surface area (Å²) in [4.78, 5) is 4.42. The lowest BCUT2D eigenvalue weighted by molar-refractivity contribution is 0.557. The molecule has 0 aliphatic heterocycles. The predicted molar refractivity (Wildman–Crippen MR) is 71.2 cm³/mol. The van der Waals surface area contributed by atoms with E-state index in [1.54, 1.807) is 23.1 Å². The van der Waals surface area contributed by atoms with Crippen molar-refractivity contribution in [2.75, 3.05) is 5.73 Å². The molecule has 0 saturated carbocycles. The summed E-state index contributed by atoms with van der Waals surface area (Å²) < 4.78 is 1.93. The highest BCUT2D eigenvalue weighted by Crippen LogP contribution is 2.26. The molecule has 0 radical (unpaired) electrons. The van der Waals surface area contributed by atoms with E-state index in [0.717, 1.165) is 21.6 Å². The average molecular weight is 269 g/mol. The molecule has 0 saturated heterocycles. The van der Waals surface area contributed by atoms with Gasteiger partial charge in [0, 0.05) is 17.2 Å². The van der Waals surface area contributed by atoms with Gasteiger partial charge in [-0.15, -0.1) is 21.5 Å². The summed E-state index contributed by atoms with van der Waals surface area (Å²) in [6.45, 7) is 6.14. The minimum atomic E-state index is 0.268. The van der Waals surface area contributed by atoms with Crippen molar-refractivity contribution in [1.29, 1.82) is 0 Å². The Bertz CT molecular complexity index is 503. The highest BCUT2D eigenvalue weighted by atomic mass is 32.2. The van der Waals surface area contributed by atoms with Crippen LogP contribution in [0.5, 0.6) is 0 Å². The zero-order valence-corrected chi connectivity index (χ0v) is 11.7. The van der Waals surface area contributed by atoms with Crippen LogP contribution in [0.3, 0.4) is 0 Å². The Hall–Kier alpha value is -1.08. The number of nitrogen functional groups attached to an aromatic ring is 1. The van der Waals surface area contributed by atoms with Gasteiger partial charge in [0.2, 0.25) is 5.95 Å². The van der Waals surface area contributed by atoms with Gasteiger partial charge in [-0.1, -0.05) is 11.8 Å². The van der Waals surface area contributed by atoms with Crippen LogP contribution in [0.15, 0.2) is 10.5 Å². The van der Waals surface area contributed by atoms with Crippen LogP contribution >= 0.6 is 23.1 Å². The van der Waals surface area contributed by atoms with Crippen molar-refractivity contribution >= 4 is 29.0 Å². The lowest BCUT2D eigenvalue weighted by Crippen LogP contribution is -2.07. The first-order valence-corrected chi connectivity index (χ1v) is 7.18. The second-order valence-corrected chi connectivity index (χ2v) is 5.96. The van der Waals surface area contributed by atoms with Crippen LogP contribution in [0, 0.1) is 6.92 Å². The molecule has 0 aromatic carbocycles. The lowest BCUT2D eigenvalue weighted by atomic mass is 10.4. The zero-order chi connectivity index (χ0) is 12.4. The van der Waals surface area contributed by atoms with Crippen molar-refractivity contribution in [1.82, 2.24) is 19.7 Å². The summed E-state index contributed by atoms with van der Waals surface area (Å²) in [7, 11) is 0. The minimum absolute atomic E-state index is 0.268. The summed E-state index contributed by atoms with van der Waals surface area (Å²) in [5.41, 5.74) is 6.86. The van der Waals surface area contributed by atoms with Crippen molar-refractivity contribution in [3.8, 4) is 0 Å². The molecule has 0 atom stereocenters. The summed E-state index contributed by atoms with van der Waals surface area (Å²) in [5.74, 6) is 1.27. The van der Waals surface area contributed by atoms with Crippen molar-refractivity contribution in [3.05, 3.63) is 16.1 Å². The first-order chi connectivity index (χ1) is 8.08. The molecule has 2 N–H and O–H groups in total. The number of aryl methyl sites for hydroxylation is 1. The second kappa shape index (κ2) is 5.05. The molecular weight excluding hydrogens is 254 g/mol. The standard InChI is InChI=1S/C10H15N5S2/c1-6(2)15-9(11)13-14-10(15)17-5-8-4-16-7(3)12-8/h4,6H,5H2,1-3H3,(H2,11,13). The van der Waals surface area contributed by atoms with Gasteiger partial charge in [-0.2, -0.15) is 0 Å². The summed E-state index contributed by atoms with van der Waals surface area (Å²) >= 11 is 3.28. The first-order valence-electron chi connectivity index (χ1n) is 5.32. The van der Waals surface area contributed by atoms with E-state index in [-0.39, 0.29) is 6.04 Å². The maximum absolute atomic E-state index is 5.78. The number of aromatic nitrogens is 4. The number of thioether (sulfide) groups is 1. The van der Waals surface area contributed by atoms with E-state index in [1.165, 1.54) is 0 Å². The summed E-state index contributed by atoms with van der Waals surface area (Å²) in [5, 5.41) is 12.0. The van der Waals surface area contributed by atoms with Crippen LogP contribution in [-0.4, -0.2) is 19.7 Å². The molecule has 17 heavy (non-hydrogen) atoms. The maximum Gasteiger partial charge on any atom is 0.222 e. The van der Waals surface area contributed by atoms with E-state index >= 15 is 0 Å². The van der Waals surface area contributed by atoms with Crippen LogP contribution in [0.2, 0.25) is 0 Å². The molecule has 7 heteroatoms. The Labute approximate surface area is 108 Å². The van der Waals surface area contributed by atoms with Crippen molar-refractivity contribution < 1.29 is 0 Å². The molecule has 2 aromatic rings. The number of hydrogen-bond donors (Lipinski definition) is 1. The van der Waals surface area contributed by atoms with Gasteiger partial charge in [0.05, 0.1) is 10.7 Å². The maximum atomic E-state index is 5.78. The third kappa shape index (κ3) is 2.78. The zero-order valence-electron chi connectivity index (χ0n) is 10.0. The average Bonchev–Trinajstić information content (AvgIpc) is 2.82.